The maximum Gasteiger partial charge on any atom is 0.103 e. The Hall–Kier alpha value is -4.27. The van der Waals surface area contributed by atoms with E-state index in [0.29, 0.717) is 5.92 Å². The fraction of sp³-hybridized carbons (Fsp3) is 0.150. The Labute approximate surface area is 251 Å². The lowest BCUT2D eigenvalue weighted by molar-refractivity contribution is 0.595. The Kier molecular flexibility index (Phi) is 5.14. The average Bonchev–Trinajstić information content (AvgIpc) is 3.58. The third-order valence-corrected chi connectivity index (χ3v) is 11.2. The second-order valence-corrected chi connectivity index (χ2v) is 13.7. The second-order valence-electron chi connectivity index (χ2n) is 12.5. The summed E-state index contributed by atoms with van der Waals surface area (Å²) in [6, 6.07) is 40.6. The molecule has 2 aliphatic carbocycles. The van der Waals surface area contributed by atoms with Gasteiger partial charge in [-0.05, 0) is 73.3 Å². The molecule has 9 rings (SSSR count). The highest BCUT2D eigenvalue weighted by molar-refractivity contribution is 8.00. The number of hydrogen-bond donors (Lipinski definition) is 1. The molecule has 42 heavy (non-hydrogen) atoms. The molecule has 0 spiro atoms. The van der Waals surface area contributed by atoms with Crippen molar-refractivity contribution in [3.05, 3.63) is 149 Å². The first-order chi connectivity index (χ1) is 20.6. The fourth-order valence-electron chi connectivity index (χ4n) is 7.77. The number of anilines is 1. The van der Waals surface area contributed by atoms with Crippen LogP contribution in [0.1, 0.15) is 53.8 Å². The van der Waals surface area contributed by atoms with Crippen LogP contribution < -0.4 is 5.32 Å². The van der Waals surface area contributed by atoms with Crippen LogP contribution in [0.15, 0.2) is 132 Å². The van der Waals surface area contributed by atoms with Crippen molar-refractivity contribution in [1.29, 1.82) is 0 Å². The van der Waals surface area contributed by atoms with E-state index in [4.69, 9.17) is 0 Å². The van der Waals surface area contributed by atoms with Crippen LogP contribution in [0.3, 0.4) is 0 Å². The summed E-state index contributed by atoms with van der Waals surface area (Å²) in [4.78, 5) is 1.37. The van der Waals surface area contributed by atoms with Crippen LogP contribution in [0, 0.1) is 0 Å². The van der Waals surface area contributed by atoms with Gasteiger partial charge in [-0.15, -0.1) is 0 Å². The third kappa shape index (κ3) is 3.45. The van der Waals surface area contributed by atoms with Crippen LogP contribution in [0.25, 0.3) is 37.9 Å². The number of allylic oxidation sites excluding steroid dienone is 4. The summed E-state index contributed by atoms with van der Waals surface area (Å²) in [7, 11) is 0. The maximum absolute atomic E-state index is 3.79. The van der Waals surface area contributed by atoms with Gasteiger partial charge in [-0.2, -0.15) is 0 Å². The van der Waals surface area contributed by atoms with Gasteiger partial charge in [0.15, 0.2) is 0 Å². The molecule has 1 heterocycles. The van der Waals surface area contributed by atoms with E-state index in [-0.39, 0.29) is 10.8 Å². The molecule has 0 saturated carbocycles. The summed E-state index contributed by atoms with van der Waals surface area (Å²) >= 11 is 1.95. The van der Waals surface area contributed by atoms with Crippen molar-refractivity contribution >= 4 is 55.3 Å². The van der Waals surface area contributed by atoms with Gasteiger partial charge >= 0.3 is 0 Å². The van der Waals surface area contributed by atoms with E-state index in [1.165, 1.54) is 70.7 Å². The van der Waals surface area contributed by atoms with Gasteiger partial charge in [0.2, 0.25) is 0 Å². The first kappa shape index (κ1) is 24.3. The van der Waals surface area contributed by atoms with Crippen molar-refractivity contribution in [2.45, 2.75) is 41.9 Å². The van der Waals surface area contributed by atoms with E-state index in [9.17, 15) is 0 Å². The van der Waals surface area contributed by atoms with Crippen molar-refractivity contribution < 1.29 is 0 Å². The molecule has 2 heteroatoms. The molecule has 6 aromatic rings. The average molecular weight is 558 g/mol. The highest BCUT2D eigenvalue weighted by atomic mass is 32.2. The molecule has 0 fully saturated rings. The second kappa shape index (κ2) is 8.86. The summed E-state index contributed by atoms with van der Waals surface area (Å²) in [5, 5.41) is 12.1. The lowest BCUT2D eigenvalue weighted by Crippen LogP contribution is -2.20. The van der Waals surface area contributed by atoms with Crippen molar-refractivity contribution in [2.75, 3.05) is 5.32 Å². The fourth-order valence-corrected chi connectivity index (χ4v) is 9.08. The van der Waals surface area contributed by atoms with Crippen LogP contribution in [0.4, 0.5) is 5.69 Å². The Balaban J connectivity index is 1.12. The summed E-state index contributed by atoms with van der Waals surface area (Å²) in [5.41, 5.74) is 9.90. The molecule has 0 radical (unpaired) electrons. The molecular weight excluding hydrogens is 527 g/mol. The van der Waals surface area contributed by atoms with Crippen LogP contribution in [0.2, 0.25) is 0 Å². The number of benzene rings is 6. The van der Waals surface area contributed by atoms with E-state index in [2.05, 4.69) is 141 Å². The summed E-state index contributed by atoms with van der Waals surface area (Å²) in [6.07, 6.45) is 5.93. The van der Waals surface area contributed by atoms with Gasteiger partial charge in [-0.25, -0.2) is 0 Å². The van der Waals surface area contributed by atoms with Crippen molar-refractivity contribution in [3.8, 4) is 0 Å². The minimum Gasteiger partial charge on any atom is -0.368 e. The van der Waals surface area contributed by atoms with Gasteiger partial charge in [0.05, 0.1) is 0 Å². The molecule has 0 amide bonds. The van der Waals surface area contributed by atoms with Crippen molar-refractivity contribution in [2.24, 2.45) is 0 Å². The molecular formula is C40H31NS. The lowest BCUT2D eigenvalue weighted by atomic mass is 9.74. The SMILES string of the molecule is CC1(C)C2=C(C=CC(c3ccc4ccc5ccc6c(c5c4c3)SC(c3ccccc3)N6)C2)c2ccc3ccccc3c21. The number of nitrogens with one attached hydrogen (secondary N) is 1. The molecule has 1 nitrogen and oxygen atoms in total. The third-order valence-electron chi connectivity index (χ3n) is 9.87. The summed E-state index contributed by atoms with van der Waals surface area (Å²) in [6.45, 7) is 4.86. The minimum atomic E-state index is 0.00761. The quantitative estimate of drug-likeness (QED) is 0.213. The van der Waals surface area contributed by atoms with Gasteiger partial charge in [-0.3, -0.25) is 0 Å². The van der Waals surface area contributed by atoms with Gasteiger partial charge < -0.3 is 5.32 Å². The first-order valence-electron chi connectivity index (χ1n) is 15.0. The normalized spacial score (nSPS) is 20.1. The number of hydrogen-bond acceptors (Lipinski definition) is 2. The minimum absolute atomic E-state index is 0.00761. The Morgan fingerprint density at radius 2 is 1.45 bits per heavy atom. The number of rotatable bonds is 2. The number of fused-ring (bicyclic) bond motifs is 9. The Morgan fingerprint density at radius 3 is 2.36 bits per heavy atom. The monoisotopic (exact) mass is 557 g/mol. The highest BCUT2D eigenvalue weighted by Gasteiger charge is 2.40. The Bertz CT molecular complexity index is 2150. The first-order valence-corrected chi connectivity index (χ1v) is 15.9. The van der Waals surface area contributed by atoms with Crippen molar-refractivity contribution in [1.82, 2.24) is 0 Å². The topological polar surface area (TPSA) is 12.0 Å². The largest absolute Gasteiger partial charge is 0.368 e. The zero-order valence-corrected chi connectivity index (χ0v) is 24.6. The predicted octanol–water partition coefficient (Wildman–Crippen LogP) is 11.2. The van der Waals surface area contributed by atoms with E-state index in [1.807, 2.05) is 11.8 Å². The predicted molar refractivity (Wildman–Crippen MR) is 181 cm³/mol. The van der Waals surface area contributed by atoms with Gasteiger partial charge in [0.1, 0.15) is 5.37 Å². The molecule has 2 unspecified atom stereocenters. The van der Waals surface area contributed by atoms with E-state index in [1.54, 1.807) is 5.57 Å². The van der Waals surface area contributed by atoms with Gasteiger partial charge in [0, 0.05) is 27.3 Å². The molecule has 0 bridgehead atoms. The molecule has 1 N–H and O–H groups in total. The Morgan fingerprint density at radius 1 is 0.714 bits per heavy atom. The smallest absolute Gasteiger partial charge is 0.103 e. The zero-order valence-electron chi connectivity index (χ0n) is 23.8. The highest BCUT2D eigenvalue weighted by Crippen LogP contribution is 2.55. The maximum atomic E-state index is 3.79. The molecule has 0 saturated heterocycles. The van der Waals surface area contributed by atoms with Crippen LogP contribution in [-0.2, 0) is 5.41 Å². The molecule has 3 aliphatic rings. The molecule has 6 aromatic carbocycles. The van der Waals surface area contributed by atoms with E-state index >= 15 is 0 Å². The van der Waals surface area contributed by atoms with Crippen LogP contribution >= 0.6 is 11.8 Å². The molecule has 0 aromatic heterocycles. The molecule has 1 aliphatic heterocycles. The summed E-state index contributed by atoms with van der Waals surface area (Å²) < 4.78 is 0. The van der Waals surface area contributed by atoms with E-state index < -0.39 is 0 Å². The lowest BCUT2D eigenvalue weighted by Gasteiger charge is -2.30. The van der Waals surface area contributed by atoms with Crippen molar-refractivity contribution in [3.63, 3.8) is 0 Å². The number of thioether (sulfide) groups is 1. The van der Waals surface area contributed by atoms with Crippen LogP contribution in [-0.4, -0.2) is 0 Å². The summed E-state index contributed by atoms with van der Waals surface area (Å²) in [5.74, 6) is 0.364. The van der Waals surface area contributed by atoms with Gasteiger partial charge in [0.25, 0.3) is 0 Å². The molecule has 202 valence electrons. The molecule has 2 atom stereocenters. The van der Waals surface area contributed by atoms with Crippen LogP contribution in [0.5, 0.6) is 0 Å². The van der Waals surface area contributed by atoms with E-state index in [0.717, 1.165) is 6.42 Å². The van der Waals surface area contributed by atoms with Gasteiger partial charge in [-0.1, -0.05) is 140 Å². The standard InChI is InChI=1S/C40H31NS/c1-40(2)34-23-29(17-19-31(34)32-20-16-24-8-6-7-11-30(24)37(32)40)28-15-13-25-12-14-26-18-21-35-38(36(26)33(25)22-28)42-39(41-35)27-9-4-3-5-10-27/h3-22,29,39,41H,23H2,1-2H3. The zero-order chi connectivity index (χ0) is 28.0.